The smallest absolute Gasteiger partial charge is 0.329 e. The van der Waals surface area contributed by atoms with Crippen LogP contribution in [0, 0.1) is 0 Å². The molecular weight excluding hydrogens is 378 g/mol. The molecule has 1 atom stereocenters. The average Bonchev–Trinajstić information content (AvgIpc) is 3.14. The molecule has 28 heavy (non-hydrogen) atoms. The van der Waals surface area contributed by atoms with Crippen LogP contribution in [0.3, 0.4) is 0 Å². The van der Waals surface area contributed by atoms with Crippen molar-refractivity contribution in [1.82, 2.24) is 24.4 Å². The van der Waals surface area contributed by atoms with Gasteiger partial charge in [0.15, 0.2) is 0 Å². The third-order valence-electron chi connectivity index (χ3n) is 4.77. The highest BCUT2D eigenvalue weighted by Crippen LogP contribution is 2.29. The van der Waals surface area contributed by atoms with Gasteiger partial charge in [0.25, 0.3) is 11.5 Å². The lowest BCUT2D eigenvalue weighted by atomic mass is 10.2. The second-order valence-electron chi connectivity index (χ2n) is 6.53. The number of carbonyl (C=O) groups is 1. The number of aromatic nitrogens is 4. The van der Waals surface area contributed by atoms with Crippen molar-refractivity contribution in [2.75, 3.05) is 7.05 Å². The molecule has 1 N–H and O–H groups in total. The highest BCUT2D eigenvalue weighted by Gasteiger charge is 2.23. The maximum atomic E-state index is 13.0. The zero-order valence-corrected chi connectivity index (χ0v) is 16.3. The van der Waals surface area contributed by atoms with Gasteiger partial charge in [0.1, 0.15) is 10.7 Å². The molecule has 0 aliphatic heterocycles. The second kappa shape index (κ2) is 6.68. The minimum absolute atomic E-state index is 0.189. The number of nitrogens with one attached hydrogen (secondary N) is 1. The molecule has 0 bridgehead atoms. The number of hydrogen-bond donors (Lipinski definition) is 1. The lowest BCUT2D eigenvalue weighted by Crippen LogP contribution is -2.31. The maximum absolute atomic E-state index is 13.0. The van der Waals surface area contributed by atoms with Crippen LogP contribution in [0.5, 0.6) is 0 Å². The molecule has 0 saturated heterocycles. The van der Waals surface area contributed by atoms with Gasteiger partial charge >= 0.3 is 5.69 Å². The maximum Gasteiger partial charge on any atom is 0.329 e. The topological polar surface area (TPSA) is 101 Å². The molecule has 8 nitrogen and oxygen atoms in total. The van der Waals surface area contributed by atoms with Crippen LogP contribution in [-0.4, -0.2) is 37.4 Å². The van der Waals surface area contributed by atoms with Crippen molar-refractivity contribution >= 4 is 38.5 Å². The molecule has 142 valence electrons. The predicted molar refractivity (Wildman–Crippen MR) is 108 cm³/mol. The van der Waals surface area contributed by atoms with Gasteiger partial charge in [-0.3, -0.25) is 19.1 Å². The van der Waals surface area contributed by atoms with Gasteiger partial charge in [-0.25, -0.2) is 14.8 Å². The van der Waals surface area contributed by atoms with Crippen LogP contribution < -0.4 is 11.2 Å². The van der Waals surface area contributed by atoms with Crippen LogP contribution >= 0.6 is 11.3 Å². The number of H-pyrrole nitrogens is 1. The summed E-state index contributed by atoms with van der Waals surface area (Å²) in [6.45, 7) is 1.90. The van der Waals surface area contributed by atoms with E-state index in [1.54, 1.807) is 23.3 Å². The first-order valence-corrected chi connectivity index (χ1v) is 9.40. The van der Waals surface area contributed by atoms with E-state index in [0.29, 0.717) is 0 Å². The Balaban J connectivity index is 1.70. The number of amides is 1. The fourth-order valence-electron chi connectivity index (χ4n) is 2.97. The lowest BCUT2D eigenvalue weighted by molar-refractivity contribution is 0.0742. The molecule has 4 aromatic rings. The lowest BCUT2D eigenvalue weighted by Gasteiger charge is -2.23. The zero-order chi connectivity index (χ0) is 20.0. The molecule has 1 aromatic carbocycles. The number of para-hydroxylation sites is 1. The van der Waals surface area contributed by atoms with Crippen LogP contribution in [0.4, 0.5) is 0 Å². The number of benzene rings is 1. The summed E-state index contributed by atoms with van der Waals surface area (Å²) in [6, 6.07) is 9.03. The van der Waals surface area contributed by atoms with Crippen molar-refractivity contribution in [3.63, 3.8) is 0 Å². The highest BCUT2D eigenvalue weighted by atomic mass is 32.1. The molecule has 0 aliphatic rings. The summed E-state index contributed by atoms with van der Waals surface area (Å²) in [5.41, 5.74) is 0.280. The zero-order valence-electron chi connectivity index (χ0n) is 15.5. The molecule has 4 rings (SSSR count). The van der Waals surface area contributed by atoms with E-state index < -0.39 is 11.2 Å². The number of aryl methyl sites for hydroxylation is 1. The largest absolute Gasteiger partial charge is 0.332 e. The minimum Gasteiger partial charge on any atom is -0.332 e. The molecule has 0 saturated carbocycles. The minimum atomic E-state index is -0.567. The first-order chi connectivity index (χ1) is 13.4. The van der Waals surface area contributed by atoms with Crippen LogP contribution in [0.15, 0.2) is 46.1 Å². The standard InChI is InChI=1S/C19H17N5O3S/c1-10(17-21-13-6-4-5-7-14(13)28-17)23(2)18(26)11-8-12-15(20-9-11)24(3)19(27)22-16(12)25/h4-10H,1-3H3,(H,22,25,27)/t10-/m0/s1. The Morgan fingerprint density at radius 1 is 1.29 bits per heavy atom. The van der Waals surface area contributed by atoms with Gasteiger partial charge in [-0.05, 0) is 25.1 Å². The van der Waals surface area contributed by atoms with Crippen LogP contribution in [-0.2, 0) is 7.05 Å². The predicted octanol–water partition coefficient (Wildman–Crippen LogP) is 2.06. The normalized spacial score (nSPS) is 12.4. The first-order valence-electron chi connectivity index (χ1n) is 8.58. The van der Waals surface area contributed by atoms with E-state index in [4.69, 9.17) is 0 Å². The number of carbonyl (C=O) groups excluding carboxylic acids is 1. The Bertz CT molecular complexity index is 1300. The number of pyridine rings is 1. The Hall–Kier alpha value is -3.33. The Morgan fingerprint density at radius 3 is 2.79 bits per heavy atom. The van der Waals surface area contributed by atoms with E-state index >= 15 is 0 Å². The second-order valence-corrected chi connectivity index (χ2v) is 7.59. The molecule has 3 heterocycles. The Morgan fingerprint density at radius 2 is 2.04 bits per heavy atom. The van der Waals surface area contributed by atoms with E-state index in [1.807, 2.05) is 31.2 Å². The number of fused-ring (bicyclic) bond motifs is 2. The monoisotopic (exact) mass is 395 g/mol. The number of thiazole rings is 1. The third kappa shape index (κ3) is 2.89. The van der Waals surface area contributed by atoms with Gasteiger partial charge in [0, 0.05) is 20.3 Å². The molecule has 0 radical (unpaired) electrons. The Kier molecular flexibility index (Phi) is 4.31. The van der Waals surface area contributed by atoms with Crippen molar-refractivity contribution in [1.29, 1.82) is 0 Å². The SMILES string of the molecule is C[C@@H](c1nc2ccccc2s1)N(C)C(=O)c1cnc2c(c1)c(=O)[nH]c(=O)n2C. The van der Waals surface area contributed by atoms with Gasteiger partial charge in [0.05, 0.1) is 27.2 Å². The van der Waals surface area contributed by atoms with Gasteiger partial charge < -0.3 is 4.90 Å². The summed E-state index contributed by atoms with van der Waals surface area (Å²) in [7, 11) is 3.20. The quantitative estimate of drug-likeness (QED) is 0.572. The fourth-order valence-corrected chi connectivity index (χ4v) is 4.03. The molecule has 0 aliphatic carbocycles. The number of hydrogen-bond acceptors (Lipinski definition) is 6. The third-order valence-corrected chi connectivity index (χ3v) is 5.98. The molecular formula is C19H17N5O3S. The van der Waals surface area contributed by atoms with Crippen molar-refractivity contribution < 1.29 is 4.79 Å². The van der Waals surface area contributed by atoms with E-state index in [0.717, 1.165) is 15.2 Å². The summed E-state index contributed by atoms with van der Waals surface area (Å²) in [4.78, 5) is 49.3. The van der Waals surface area contributed by atoms with E-state index in [2.05, 4.69) is 15.0 Å². The van der Waals surface area contributed by atoms with Crippen molar-refractivity contribution in [2.45, 2.75) is 13.0 Å². The average molecular weight is 395 g/mol. The van der Waals surface area contributed by atoms with Crippen LogP contribution in [0.25, 0.3) is 21.3 Å². The number of rotatable bonds is 3. The van der Waals surface area contributed by atoms with Crippen molar-refractivity contribution in [3.05, 3.63) is 67.9 Å². The first kappa shape index (κ1) is 18.1. The van der Waals surface area contributed by atoms with Crippen molar-refractivity contribution in [3.8, 4) is 0 Å². The van der Waals surface area contributed by atoms with Gasteiger partial charge in [-0.1, -0.05) is 12.1 Å². The van der Waals surface area contributed by atoms with Crippen molar-refractivity contribution in [2.24, 2.45) is 7.05 Å². The molecule has 0 fully saturated rings. The number of nitrogens with zero attached hydrogens (tertiary/aromatic N) is 4. The summed E-state index contributed by atoms with van der Waals surface area (Å²) in [5.74, 6) is -0.283. The molecule has 0 unspecified atom stereocenters. The van der Waals surface area contributed by atoms with E-state index in [-0.39, 0.29) is 28.5 Å². The molecule has 9 heteroatoms. The summed E-state index contributed by atoms with van der Waals surface area (Å²) in [6.07, 6.45) is 1.38. The summed E-state index contributed by atoms with van der Waals surface area (Å²) < 4.78 is 2.29. The molecule has 0 spiro atoms. The van der Waals surface area contributed by atoms with Crippen LogP contribution in [0.2, 0.25) is 0 Å². The van der Waals surface area contributed by atoms with Gasteiger partial charge in [0.2, 0.25) is 0 Å². The summed E-state index contributed by atoms with van der Waals surface area (Å²) in [5, 5.41) is 1.01. The molecule has 3 aromatic heterocycles. The van der Waals surface area contributed by atoms with Gasteiger partial charge in [-0.2, -0.15) is 0 Å². The highest BCUT2D eigenvalue weighted by molar-refractivity contribution is 7.18. The van der Waals surface area contributed by atoms with E-state index in [1.165, 1.54) is 23.9 Å². The molecule has 1 amide bonds. The number of aromatic amines is 1. The van der Waals surface area contributed by atoms with E-state index in [9.17, 15) is 14.4 Å². The fraction of sp³-hybridized carbons (Fsp3) is 0.211. The van der Waals surface area contributed by atoms with Crippen LogP contribution in [0.1, 0.15) is 28.3 Å². The van der Waals surface area contributed by atoms with Gasteiger partial charge in [-0.15, -0.1) is 11.3 Å². The summed E-state index contributed by atoms with van der Waals surface area (Å²) >= 11 is 1.54. The Labute approximate surface area is 163 Å².